The van der Waals surface area contributed by atoms with Crippen molar-refractivity contribution in [3.05, 3.63) is 0 Å². The third-order valence-electron chi connectivity index (χ3n) is 5.28. The van der Waals surface area contributed by atoms with E-state index in [1.54, 1.807) is 18.2 Å². The van der Waals surface area contributed by atoms with Crippen LogP contribution in [0.4, 0.5) is 0 Å². The van der Waals surface area contributed by atoms with Crippen molar-refractivity contribution in [2.75, 3.05) is 32.7 Å². The Hall–Kier alpha value is -0.130. The minimum absolute atomic E-state index is 0.292. The van der Waals surface area contributed by atoms with Gasteiger partial charge < -0.3 is 4.90 Å². The Balaban J connectivity index is 1.87. The van der Waals surface area contributed by atoms with E-state index in [0.717, 1.165) is 31.8 Å². The molecule has 0 N–H and O–H groups in total. The zero-order valence-electron chi connectivity index (χ0n) is 14.1. The second-order valence-corrected chi connectivity index (χ2v) is 10.2. The number of likely N-dealkylation sites (tertiary alicyclic amines) is 1. The molecule has 0 amide bonds. The van der Waals surface area contributed by atoms with Crippen LogP contribution in [0.25, 0.3) is 0 Å². The number of rotatable bonds is 4. The summed E-state index contributed by atoms with van der Waals surface area (Å²) in [4.78, 5) is 2.58. The van der Waals surface area contributed by atoms with Crippen LogP contribution in [0.2, 0.25) is 0 Å². The van der Waals surface area contributed by atoms with Gasteiger partial charge in [-0.1, -0.05) is 13.8 Å². The van der Waals surface area contributed by atoms with Gasteiger partial charge in [0.2, 0.25) is 10.0 Å². The van der Waals surface area contributed by atoms with Crippen molar-refractivity contribution in [1.82, 2.24) is 9.21 Å². The van der Waals surface area contributed by atoms with Crippen LogP contribution < -0.4 is 0 Å². The summed E-state index contributed by atoms with van der Waals surface area (Å²) in [6.07, 6.45) is 4.59. The quantitative estimate of drug-likeness (QED) is 0.800. The summed E-state index contributed by atoms with van der Waals surface area (Å²) in [6, 6.07) is 0. The fourth-order valence-corrected chi connectivity index (χ4v) is 5.03. The van der Waals surface area contributed by atoms with E-state index < -0.39 is 10.0 Å². The lowest BCUT2D eigenvalue weighted by atomic mass is 9.71. The first-order valence-electron chi connectivity index (χ1n) is 8.46. The highest BCUT2D eigenvalue weighted by Gasteiger charge is 2.40. The van der Waals surface area contributed by atoms with E-state index in [1.807, 2.05) is 0 Å². The van der Waals surface area contributed by atoms with Crippen LogP contribution in [-0.4, -0.2) is 55.6 Å². The molecule has 2 fully saturated rings. The highest BCUT2D eigenvalue weighted by Crippen LogP contribution is 2.42. The summed E-state index contributed by atoms with van der Waals surface area (Å²) >= 11 is 0. The largest absolute Gasteiger partial charge is 0.303 e. The van der Waals surface area contributed by atoms with Gasteiger partial charge >= 0.3 is 0 Å². The Labute approximate surface area is 130 Å². The number of hydrogen-bond donors (Lipinski definition) is 0. The van der Waals surface area contributed by atoms with Gasteiger partial charge in [-0.25, -0.2) is 12.7 Å². The van der Waals surface area contributed by atoms with E-state index >= 15 is 0 Å². The number of hydrogen-bond acceptors (Lipinski definition) is 3. The lowest BCUT2D eigenvalue weighted by Crippen LogP contribution is -2.49. The maximum atomic E-state index is 12.2. The van der Waals surface area contributed by atoms with Crippen LogP contribution in [0.1, 0.15) is 53.4 Å². The molecule has 0 aliphatic carbocycles. The number of sulfonamides is 1. The predicted octanol–water partition coefficient (Wildman–Crippen LogP) is 2.56. The Bertz CT molecular complexity index is 427. The molecule has 0 unspecified atom stereocenters. The van der Waals surface area contributed by atoms with Crippen molar-refractivity contribution in [3.8, 4) is 0 Å². The SMILES string of the molecule is CC(C)CN1CCC2(CC1)CCN(S(=O)(=O)C(C)C)CC2. The average Bonchev–Trinajstić information content (AvgIpc) is 2.41. The topological polar surface area (TPSA) is 40.6 Å². The maximum Gasteiger partial charge on any atom is 0.216 e. The summed E-state index contributed by atoms with van der Waals surface area (Å²) in [5.74, 6) is 0.733. The van der Waals surface area contributed by atoms with Crippen molar-refractivity contribution in [2.45, 2.75) is 58.6 Å². The van der Waals surface area contributed by atoms with Gasteiger partial charge in [-0.05, 0) is 64.0 Å². The standard InChI is InChI=1S/C16H32N2O2S/c1-14(2)13-17-9-5-16(6-10-17)7-11-18(12-8-16)21(19,20)15(3)4/h14-15H,5-13H2,1-4H3. The molecule has 0 saturated carbocycles. The number of nitrogens with zero attached hydrogens (tertiary/aromatic N) is 2. The molecule has 2 aliphatic heterocycles. The van der Waals surface area contributed by atoms with Crippen LogP contribution in [0.15, 0.2) is 0 Å². The molecule has 4 nitrogen and oxygen atoms in total. The third kappa shape index (κ3) is 3.99. The summed E-state index contributed by atoms with van der Waals surface area (Å²) in [7, 11) is -3.06. The molecule has 2 aliphatic rings. The molecule has 2 rings (SSSR count). The van der Waals surface area contributed by atoms with Crippen LogP contribution in [0, 0.1) is 11.3 Å². The Morgan fingerprint density at radius 2 is 1.38 bits per heavy atom. The maximum absolute atomic E-state index is 12.2. The Morgan fingerprint density at radius 1 is 0.905 bits per heavy atom. The minimum Gasteiger partial charge on any atom is -0.303 e. The monoisotopic (exact) mass is 316 g/mol. The second kappa shape index (κ2) is 6.55. The molecule has 21 heavy (non-hydrogen) atoms. The molecule has 0 bridgehead atoms. The predicted molar refractivity (Wildman–Crippen MR) is 87.8 cm³/mol. The van der Waals surface area contributed by atoms with Gasteiger partial charge in [-0.2, -0.15) is 0 Å². The first kappa shape index (κ1) is 17.2. The molecular weight excluding hydrogens is 284 g/mol. The molecule has 5 heteroatoms. The van der Waals surface area contributed by atoms with E-state index in [4.69, 9.17) is 0 Å². The summed E-state index contributed by atoms with van der Waals surface area (Å²) < 4.78 is 26.2. The van der Waals surface area contributed by atoms with E-state index in [9.17, 15) is 8.42 Å². The van der Waals surface area contributed by atoms with Gasteiger partial charge in [-0.3, -0.25) is 0 Å². The van der Waals surface area contributed by atoms with Gasteiger partial charge in [0, 0.05) is 19.6 Å². The molecule has 0 aromatic rings. The lowest BCUT2D eigenvalue weighted by molar-refractivity contribution is 0.0513. The normalized spacial score (nSPS) is 25.0. The molecule has 0 radical (unpaired) electrons. The summed E-state index contributed by atoms with van der Waals surface area (Å²) in [5, 5.41) is -0.292. The van der Waals surface area contributed by atoms with Crippen LogP contribution in [0.3, 0.4) is 0 Å². The molecule has 0 aromatic carbocycles. The van der Waals surface area contributed by atoms with Crippen LogP contribution in [-0.2, 0) is 10.0 Å². The number of piperidine rings is 2. The van der Waals surface area contributed by atoms with Crippen molar-refractivity contribution in [1.29, 1.82) is 0 Å². The average molecular weight is 317 g/mol. The highest BCUT2D eigenvalue weighted by atomic mass is 32.2. The fraction of sp³-hybridized carbons (Fsp3) is 1.00. The van der Waals surface area contributed by atoms with Gasteiger partial charge in [0.1, 0.15) is 0 Å². The van der Waals surface area contributed by atoms with Gasteiger partial charge in [0.25, 0.3) is 0 Å². The lowest BCUT2D eigenvalue weighted by Gasteiger charge is -2.47. The first-order valence-corrected chi connectivity index (χ1v) is 9.97. The Morgan fingerprint density at radius 3 is 1.81 bits per heavy atom. The molecular formula is C16H32N2O2S. The van der Waals surface area contributed by atoms with Gasteiger partial charge in [0.05, 0.1) is 5.25 Å². The van der Waals surface area contributed by atoms with E-state index in [2.05, 4.69) is 18.7 Å². The molecule has 0 atom stereocenters. The molecule has 0 aromatic heterocycles. The smallest absolute Gasteiger partial charge is 0.216 e. The van der Waals surface area contributed by atoms with Crippen molar-refractivity contribution in [2.24, 2.45) is 11.3 Å². The third-order valence-corrected chi connectivity index (χ3v) is 7.56. The van der Waals surface area contributed by atoms with Gasteiger partial charge in [-0.15, -0.1) is 0 Å². The molecule has 1 spiro atoms. The van der Waals surface area contributed by atoms with E-state index in [1.165, 1.54) is 32.5 Å². The van der Waals surface area contributed by atoms with Crippen molar-refractivity contribution in [3.63, 3.8) is 0 Å². The first-order chi connectivity index (χ1) is 9.75. The van der Waals surface area contributed by atoms with Crippen molar-refractivity contribution < 1.29 is 8.42 Å². The Kier molecular flexibility index (Phi) is 5.37. The van der Waals surface area contributed by atoms with E-state index in [-0.39, 0.29) is 5.25 Å². The molecule has 2 saturated heterocycles. The summed E-state index contributed by atoms with van der Waals surface area (Å²) in [5.41, 5.74) is 0.413. The van der Waals surface area contributed by atoms with Crippen LogP contribution >= 0.6 is 0 Å². The second-order valence-electron chi connectivity index (χ2n) is 7.69. The zero-order valence-corrected chi connectivity index (χ0v) is 15.0. The van der Waals surface area contributed by atoms with Crippen molar-refractivity contribution >= 4 is 10.0 Å². The molecule has 2 heterocycles. The highest BCUT2D eigenvalue weighted by molar-refractivity contribution is 7.89. The zero-order chi connectivity index (χ0) is 15.7. The summed E-state index contributed by atoms with van der Waals surface area (Å²) in [6.45, 7) is 13.1. The van der Waals surface area contributed by atoms with Gasteiger partial charge in [0.15, 0.2) is 0 Å². The van der Waals surface area contributed by atoms with E-state index in [0.29, 0.717) is 5.41 Å². The molecule has 124 valence electrons. The van der Waals surface area contributed by atoms with Crippen LogP contribution in [0.5, 0.6) is 0 Å². The minimum atomic E-state index is -3.06. The fourth-order valence-electron chi connectivity index (χ4n) is 3.74.